The van der Waals surface area contributed by atoms with Crippen LogP contribution in [0.25, 0.3) is 83.1 Å². The summed E-state index contributed by atoms with van der Waals surface area (Å²) in [5.74, 6) is 1.03. The van der Waals surface area contributed by atoms with Gasteiger partial charge >= 0.3 is 0 Å². The second-order valence-electron chi connectivity index (χ2n) is 9.82. The Bertz CT molecular complexity index is 2430. The summed E-state index contributed by atoms with van der Waals surface area (Å²) in [7, 11) is 0. The third-order valence-electron chi connectivity index (χ3n) is 7.33. The Morgan fingerprint density at radius 3 is 1.33 bits per heavy atom. The number of rotatable bonds is 0. The van der Waals surface area contributed by atoms with E-state index in [9.17, 15) is 5.41 Å². The molecule has 0 aliphatic carbocycles. The number of aromatic nitrogens is 7. The van der Waals surface area contributed by atoms with Crippen LogP contribution in [-0.4, -0.2) is 24.9 Å². The third kappa shape index (κ3) is 4.06. The van der Waals surface area contributed by atoms with E-state index in [4.69, 9.17) is 29.9 Å². The first-order valence-electron chi connectivity index (χ1n) is 13.2. The van der Waals surface area contributed by atoms with Gasteiger partial charge in [0, 0.05) is 45.1 Å². The monoisotopic (exact) mass is 590 g/mol. The van der Waals surface area contributed by atoms with Crippen LogP contribution in [-0.2, 0) is 17.1 Å². The summed E-state index contributed by atoms with van der Waals surface area (Å²) in [6, 6.07) is 30.9. The molecule has 0 saturated carbocycles. The molecule has 6 bridgehead atoms. The first kappa shape index (κ1) is 25.7. The number of benzene rings is 4. The molecule has 0 atom stereocenters. The average molecular weight is 591 g/mol. The average Bonchev–Trinajstić information content (AvgIpc) is 3.65. The molecule has 205 valence electrons. The van der Waals surface area contributed by atoms with Gasteiger partial charge in [0.25, 0.3) is 0 Å². The fourth-order valence-corrected chi connectivity index (χ4v) is 5.37. The van der Waals surface area contributed by atoms with Gasteiger partial charge in [0.2, 0.25) is 0 Å². The molecule has 4 aromatic carbocycles. The van der Waals surface area contributed by atoms with Crippen LogP contribution in [0.2, 0.25) is 0 Å². The predicted octanol–water partition coefficient (Wildman–Crippen LogP) is 6.01. The fraction of sp³-hybridized carbons (Fsp3) is 0.0303. The summed E-state index contributed by atoms with van der Waals surface area (Å²) in [4.78, 5) is 33.8. The first-order valence-corrected chi connectivity index (χ1v) is 13.2. The van der Waals surface area contributed by atoms with E-state index in [1.54, 1.807) is 0 Å². The normalized spacial score (nSPS) is 11.4. The van der Waals surface area contributed by atoms with Crippen molar-refractivity contribution in [2.75, 3.05) is 0 Å². The molecule has 1 aliphatic rings. The Hall–Kier alpha value is -5.24. The molecular formula is C33H19CuN8-3. The van der Waals surface area contributed by atoms with Crippen molar-refractivity contribution < 1.29 is 17.1 Å². The van der Waals surface area contributed by atoms with Crippen molar-refractivity contribution in [3.05, 3.63) is 114 Å². The Morgan fingerprint density at radius 2 is 0.833 bits per heavy atom. The molecular weight excluding hydrogens is 572 g/mol. The van der Waals surface area contributed by atoms with Gasteiger partial charge in [-0.25, -0.2) is 4.98 Å². The van der Waals surface area contributed by atoms with E-state index in [2.05, 4.69) is 4.98 Å². The number of hydrogen-bond acceptors (Lipinski definition) is 5. The number of fused-ring (bicyclic) bond motifs is 16. The second-order valence-corrected chi connectivity index (χ2v) is 9.82. The van der Waals surface area contributed by atoms with E-state index in [-0.39, 0.29) is 22.6 Å². The van der Waals surface area contributed by atoms with E-state index < -0.39 is 0 Å². The van der Waals surface area contributed by atoms with E-state index in [0.717, 1.165) is 38.1 Å². The predicted molar refractivity (Wildman–Crippen MR) is 161 cm³/mol. The van der Waals surface area contributed by atoms with Gasteiger partial charge in [-0.05, 0) is 50.6 Å². The van der Waals surface area contributed by atoms with Crippen molar-refractivity contribution in [2.24, 2.45) is 0 Å². The van der Waals surface area contributed by atoms with E-state index in [1.807, 2.05) is 104 Å². The summed E-state index contributed by atoms with van der Waals surface area (Å²) < 4.78 is 0. The largest absolute Gasteiger partial charge is 0.464 e. The van der Waals surface area contributed by atoms with Crippen LogP contribution in [0.3, 0.4) is 0 Å². The molecule has 7 aromatic rings. The van der Waals surface area contributed by atoms with Crippen molar-refractivity contribution in [2.45, 2.75) is 6.92 Å². The van der Waals surface area contributed by atoms with E-state index >= 15 is 0 Å². The van der Waals surface area contributed by atoms with Crippen LogP contribution in [0, 0.1) is 6.92 Å². The quantitative estimate of drug-likeness (QED) is 0.198. The van der Waals surface area contributed by atoms with Crippen LogP contribution in [0.1, 0.15) is 5.69 Å². The van der Waals surface area contributed by atoms with Crippen LogP contribution >= 0.6 is 0 Å². The maximum absolute atomic E-state index is 11.3. The maximum atomic E-state index is 11.3. The zero-order valence-corrected chi connectivity index (χ0v) is 23.1. The molecule has 42 heavy (non-hydrogen) atoms. The Balaban J connectivity index is 0.00000288. The first-order chi connectivity index (χ1) is 20.1. The van der Waals surface area contributed by atoms with Crippen molar-refractivity contribution >= 4 is 54.9 Å². The van der Waals surface area contributed by atoms with Gasteiger partial charge in [-0.2, -0.15) is 0 Å². The molecule has 9 heteroatoms. The van der Waals surface area contributed by atoms with Crippen LogP contribution in [0.5, 0.6) is 0 Å². The van der Waals surface area contributed by atoms with Crippen molar-refractivity contribution in [1.82, 2.24) is 34.9 Å². The van der Waals surface area contributed by atoms with Crippen molar-refractivity contribution in [3.8, 4) is 22.8 Å². The van der Waals surface area contributed by atoms with E-state index in [1.165, 1.54) is 0 Å². The molecule has 3 aromatic heterocycles. The minimum atomic E-state index is -0.163. The summed E-state index contributed by atoms with van der Waals surface area (Å²) >= 11 is 0. The van der Waals surface area contributed by atoms with Gasteiger partial charge in [-0.3, -0.25) is 0 Å². The molecule has 0 saturated heterocycles. The molecule has 1 radical (unpaired) electrons. The topological polar surface area (TPSA) is 115 Å². The van der Waals surface area contributed by atoms with Gasteiger partial charge in [0.05, 0.1) is 11.6 Å². The maximum Gasteiger partial charge on any atom is 0.0927 e. The van der Waals surface area contributed by atoms with Crippen LogP contribution in [0.4, 0.5) is 0 Å². The van der Waals surface area contributed by atoms with E-state index in [0.29, 0.717) is 45.3 Å². The standard InChI is InChI=1S/C33H19N8.Cu/c1-18-19-10-2-3-11-20(19)27(34)36-29-22-13-5-7-15-24(22)31(38-29)40-33-26-17-9-8-16-25(26)32(41-33)39-30-23-14-6-4-12-21(23)28(35-18)37-30;/h2-17H,1H3;/q-3;. The van der Waals surface area contributed by atoms with Gasteiger partial charge in [0.15, 0.2) is 0 Å². The molecule has 0 unspecified atom stereocenters. The molecule has 0 spiro atoms. The summed E-state index contributed by atoms with van der Waals surface area (Å²) in [6.45, 7) is 1.90. The summed E-state index contributed by atoms with van der Waals surface area (Å²) in [5, 5.41) is 15.9. The third-order valence-corrected chi connectivity index (χ3v) is 7.33. The molecule has 0 amide bonds. The minimum absolute atomic E-state index is 0. The number of hydrogen-bond donors (Lipinski definition) is 0. The number of nitrogens with zero attached hydrogens (tertiary/aromatic N) is 8. The molecule has 8 nitrogen and oxygen atoms in total. The molecule has 8 rings (SSSR count). The van der Waals surface area contributed by atoms with Gasteiger partial charge < -0.3 is 35.3 Å². The Kier molecular flexibility index (Phi) is 6.12. The Labute approximate surface area is 249 Å². The van der Waals surface area contributed by atoms with Crippen LogP contribution < -0.4 is 15.5 Å². The molecule has 1 aliphatic heterocycles. The zero-order valence-electron chi connectivity index (χ0n) is 22.1. The Morgan fingerprint density at radius 1 is 0.452 bits per heavy atom. The second kappa shape index (κ2) is 9.99. The minimum Gasteiger partial charge on any atom is -0.464 e. The molecule has 0 fully saturated rings. The van der Waals surface area contributed by atoms with Crippen molar-refractivity contribution in [3.63, 3.8) is 0 Å². The van der Waals surface area contributed by atoms with Gasteiger partial charge in [0.1, 0.15) is 0 Å². The van der Waals surface area contributed by atoms with Crippen LogP contribution in [0.15, 0.2) is 97.1 Å². The number of aryl methyl sites for hydroxylation is 1. The summed E-state index contributed by atoms with van der Waals surface area (Å²) in [6.07, 6.45) is 0. The van der Waals surface area contributed by atoms with Gasteiger partial charge in [-0.15, -0.1) is 0 Å². The molecule has 4 heterocycles. The van der Waals surface area contributed by atoms with Crippen molar-refractivity contribution in [1.29, 1.82) is 0 Å². The molecule has 0 N–H and O–H groups in total. The fourth-order valence-electron chi connectivity index (χ4n) is 5.37. The SMILES string of the molecule is Cc1nc2[n-]c(nc3nc(nc4[n-]c(nc(=[N-])c5ccccc15)c1ccccc41)-c1ccccc1-3)c1ccccc21.[Cu]. The smallest absolute Gasteiger partial charge is 0.0927 e. The van der Waals surface area contributed by atoms with Gasteiger partial charge in [-0.1, -0.05) is 103 Å². The zero-order chi connectivity index (χ0) is 27.5. The summed E-state index contributed by atoms with van der Waals surface area (Å²) in [5.41, 5.74) is 4.15.